The van der Waals surface area contributed by atoms with Crippen LogP contribution < -0.4 is 10.9 Å². The third-order valence-corrected chi connectivity index (χ3v) is 7.49. The zero-order chi connectivity index (χ0) is 22.3. The molecule has 1 aliphatic rings. The van der Waals surface area contributed by atoms with Crippen LogP contribution in [-0.4, -0.2) is 46.0 Å². The Balaban J connectivity index is 1.58. The molecule has 3 aromatic rings. The molecule has 0 saturated carbocycles. The number of aryl methyl sites for hydroxylation is 2. The number of fused-ring (bicyclic) bond motifs is 1. The average molecular weight is 447 g/mol. The predicted octanol–water partition coefficient (Wildman–Crippen LogP) is 1.64. The Morgan fingerprint density at radius 2 is 2.10 bits per heavy atom. The van der Waals surface area contributed by atoms with E-state index in [2.05, 4.69) is 10.3 Å². The summed E-state index contributed by atoms with van der Waals surface area (Å²) in [4.78, 5) is 29.7. The second-order valence-electron chi connectivity index (χ2n) is 7.88. The number of carbonyl (C=O) groups is 1. The van der Waals surface area contributed by atoms with E-state index in [0.717, 1.165) is 11.3 Å². The highest BCUT2D eigenvalue weighted by Crippen LogP contribution is 2.25. The molecule has 4 rings (SSSR count). The van der Waals surface area contributed by atoms with E-state index in [1.165, 1.54) is 23.0 Å². The van der Waals surface area contributed by atoms with Crippen LogP contribution in [0.3, 0.4) is 0 Å². The maximum atomic E-state index is 13.7. The molecule has 1 saturated heterocycles. The minimum Gasteiger partial charge on any atom is -0.352 e. The first-order chi connectivity index (χ1) is 14.7. The van der Waals surface area contributed by atoms with E-state index in [0.29, 0.717) is 23.1 Å². The van der Waals surface area contributed by atoms with E-state index in [1.807, 2.05) is 13.8 Å². The first-order valence-electron chi connectivity index (χ1n) is 9.99. The number of benzene rings is 1. The third-order valence-electron chi connectivity index (χ3n) is 5.73. The number of hydrogen-bond donors (Lipinski definition) is 1. The van der Waals surface area contributed by atoms with Gasteiger partial charge in [-0.1, -0.05) is 6.07 Å². The topological polar surface area (TPSA) is 103 Å². The average Bonchev–Trinajstić information content (AvgIpc) is 3.17. The van der Waals surface area contributed by atoms with Crippen LogP contribution in [0, 0.1) is 19.7 Å². The van der Waals surface area contributed by atoms with Gasteiger partial charge in [-0.15, -0.1) is 0 Å². The summed E-state index contributed by atoms with van der Waals surface area (Å²) < 4.78 is 39.9. The number of aromatic nitrogens is 3. The number of carbonyl (C=O) groups excluding carboxylic acids is 1. The van der Waals surface area contributed by atoms with Crippen molar-refractivity contribution < 1.29 is 17.6 Å². The van der Waals surface area contributed by atoms with Crippen molar-refractivity contribution in [2.45, 2.75) is 39.3 Å². The zero-order valence-corrected chi connectivity index (χ0v) is 18.1. The van der Waals surface area contributed by atoms with Crippen LogP contribution in [0.4, 0.5) is 4.39 Å². The van der Waals surface area contributed by atoms with Crippen LogP contribution in [0.15, 0.2) is 35.4 Å². The Hall–Kier alpha value is -3.01. The first kappa shape index (κ1) is 21.2. The van der Waals surface area contributed by atoms with Crippen LogP contribution >= 0.6 is 0 Å². The van der Waals surface area contributed by atoms with Gasteiger partial charge in [-0.05, 0) is 44.0 Å². The first-order valence-corrected chi connectivity index (χ1v) is 11.8. The summed E-state index contributed by atoms with van der Waals surface area (Å²) in [6.07, 6.45) is 1.83. The van der Waals surface area contributed by atoms with Gasteiger partial charge in [0.05, 0.1) is 28.9 Å². The van der Waals surface area contributed by atoms with Crippen molar-refractivity contribution in [3.8, 4) is 5.69 Å². The van der Waals surface area contributed by atoms with Gasteiger partial charge < -0.3 is 5.32 Å². The van der Waals surface area contributed by atoms with Crippen molar-refractivity contribution in [1.29, 1.82) is 0 Å². The normalized spacial score (nSPS) is 17.8. The standard InChI is InChI=1S/C21H23FN4O4S/c1-13-14(2)26(17-5-3-4-15(22)10-17)20-19(13)21(28)25(12-23-20)8-6-18(27)24-16-7-9-31(29,30)11-16/h3-5,10,12,16H,6-9,11H2,1-2H3,(H,24,27). The van der Waals surface area contributed by atoms with Crippen molar-refractivity contribution in [3.63, 3.8) is 0 Å². The van der Waals surface area contributed by atoms with Gasteiger partial charge in [-0.25, -0.2) is 17.8 Å². The predicted molar refractivity (Wildman–Crippen MR) is 115 cm³/mol. The summed E-state index contributed by atoms with van der Waals surface area (Å²) in [6.45, 7) is 3.78. The molecular formula is C21H23FN4O4S. The van der Waals surface area contributed by atoms with Crippen LogP contribution in [0.1, 0.15) is 24.1 Å². The van der Waals surface area contributed by atoms with Gasteiger partial charge in [0.2, 0.25) is 5.91 Å². The van der Waals surface area contributed by atoms with Crippen LogP contribution in [-0.2, 0) is 21.2 Å². The van der Waals surface area contributed by atoms with Gasteiger partial charge >= 0.3 is 0 Å². The molecule has 0 spiro atoms. The minimum atomic E-state index is -3.08. The summed E-state index contributed by atoms with van der Waals surface area (Å²) in [5, 5.41) is 3.14. The SMILES string of the molecule is Cc1c(C)n(-c2cccc(F)c2)c2ncn(CCC(=O)NC3CCS(=O)(=O)C3)c(=O)c12. The quantitative estimate of drug-likeness (QED) is 0.642. The van der Waals surface area contributed by atoms with E-state index in [1.54, 1.807) is 16.7 Å². The number of hydrogen-bond acceptors (Lipinski definition) is 5. The molecular weight excluding hydrogens is 423 g/mol. The maximum absolute atomic E-state index is 13.7. The smallest absolute Gasteiger partial charge is 0.263 e. The van der Waals surface area contributed by atoms with Gasteiger partial charge in [-0.3, -0.25) is 18.7 Å². The van der Waals surface area contributed by atoms with Gasteiger partial charge in [0.25, 0.3) is 5.56 Å². The van der Waals surface area contributed by atoms with Crippen molar-refractivity contribution in [2.24, 2.45) is 0 Å². The molecule has 1 atom stereocenters. The lowest BCUT2D eigenvalue weighted by Crippen LogP contribution is -2.36. The molecule has 0 aliphatic carbocycles. The zero-order valence-electron chi connectivity index (χ0n) is 17.3. The van der Waals surface area contributed by atoms with Gasteiger partial charge in [0.1, 0.15) is 5.82 Å². The molecule has 2 aromatic heterocycles. The Morgan fingerprint density at radius 3 is 2.77 bits per heavy atom. The van der Waals surface area contributed by atoms with Gasteiger partial charge in [-0.2, -0.15) is 0 Å². The Bertz CT molecular complexity index is 1340. The highest BCUT2D eigenvalue weighted by Gasteiger charge is 2.28. The van der Waals surface area contributed by atoms with Crippen LogP contribution in [0.2, 0.25) is 0 Å². The summed E-state index contributed by atoms with van der Waals surface area (Å²) >= 11 is 0. The molecule has 0 radical (unpaired) electrons. The van der Waals surface area contributed by atoms with E-state index in [-0.39, 0.29) is 47.8 Å². The number of amides is 1. The fourth-order valence-electron chi connectivity index (χ4n) is 4.01. The highest BCUT2D eigenvalue weighted by atomic mass is 32.2. The third kappa shape index (κ3) is 4.12. The minimum absolute atomic E-state index is 0.0340. The molecule has 8 nitrogen and oxygen atoms in total. The summed E-state index contributed by atoms with van der Waals surface area (Å²) in [6, 6.07) is 5.70. The molecule has 10 heteroatoms. The fourth-order valence-corrected chi connectivity index (χ4v) is 5.68. The molecule has 31 heavy (non-hydrogen) atoms. The van der Waals surface area contributed by atoms with Gasteiger partial charge in [0.15, 0.2) is 15.5 Å². The van der Waals surface area contributed by atoms with E-state index in [9.17, 15) is 22.4 Å². The van der Waals surface area contributed by atoms with Crippen molar-refractivity contribution in [3.05, 3.63) is 58.0 Å². The molecule has 1 aliphatic heterocycles. The lowest BCUT2D eigenvalue weighted by molar-refractivity contribution is -0.121. The largest absolute Gasteiger partial charge is 0.352 e. The number of rotatable bonds is 5. The second-order valence-corrected chi connectivity index (χ2v) is 10.1. The molecule has 1 N–H and O–H groups in total. The van der Waals surface area contributed by atoms with Gasteiger partial charge in [0, 0.05) is 24.7 Å². The highest BCUT2D eigenvalue weighted by molar-refractivity contribution is 7.91. The Morgan fingerprint density at radius 1 is 1.32 bits per heavy atom. The van der Waals surface area contributed by atoms with Crippen LogP contribution in [0.5, 0.6) is 0 Å². The van der Waals surface area contributed by atoms with Crippen molar-refractivity contribution in [1.82, 2.24) is 19.4 Å². The summed E-state index contributed by atoms with van der Waals surface area (Å²) in [5.41, 5.74) is 2.25. The summed E-state index contributed by atoms with van der Waals surface area (Å²) in [5.74, 6) is -0.651. The molecule has 0 bridgehead atoms. The Labute approximate surface area is 178 Å². The molecule has 1 fully saturated rings. The van der Waals surface area contributed by atoms with E-state index >= 15 is 0 Å². The van der Waals surface area contributed by atoms with Crippen LogP contribution in [0.25, 0.3) is 16.7 Å². The molecule has 3 heterocycles. The Kier molecular flexibility index (Phi) is 5.42. The monoisotopic (exact) mass is 446 g/mol. The van der Waals surface area contributed by atoms with Crippen molar-refractivity contribution >= 4 is 26.8 Å². The molecule has 164 valence electrons. The summed E-state index contributed by atoms with van der Waals surface area (Å²) in [7, 11) is -3.08. The number of sulfone groups is 1. The number of halogens is 1. The fraction of sp³-hybridized carbons (Fsp3) is 0.381. The van der Waals surface area contributed by atoms with Crippen molar-refractivity contribution in [2.75, 3.05) is 11.5 Å². The lowest BCUT2D eigenvalue weighted by Gasteiger charge is -2.11. The molecule has 1 aromatic carbocycles. The van der Waals surface area contributed by atoms with E-state index in [4.69, 9.17) is 0 Å². The second kappa shape index (κ2) is 7.92. The molecule has 1 amide bonds. The van der Waals surface area contributed by atoms with E-state index < -0.39 is 9.84 Å². The number of nitrogens with one attached hydrogen (secondary N) is 1. The number of nitrogens with zero attached hydrogens (tertiary/aromatic N) is 3. The maximum Gasteiger partial charge on any atom is 0.263 e. The lowest BCUT2D eigenvalue weighted by atomic mass is 10.2. The molecule has 1 unspecified atom stereocenters.